The van der Waals surface area contributed by atoms with Gasteiger partial charge in [-0.2, -0.15) is 0 Å². The van der Waals surface area contributed by atoms with E-state index in [1.54, 1.807) is 25.3 Å². The molecule has 4 rings (SSSR count). The van der Waals surface area contributed by atoms with Crippen molar-refractivity contribution in [3.05, 3.63) is 53.6 Å². The highest BCUT2D eigenvalue weighted by Crippen LogP contribution is 2.51. The highest BCUT2D eigenvalue weighted by atomic mass is 19.1. The summed E-state index contributed by atoms with van der Waals surface area (Å²) in [6, 6.07) is 7.51. The standard InChI is InChI=1S/C22H25FN4O5/c1-21-11-30-13-22(21,27-20(24)32-12-21)16-9-14(3-5-17(16)23)26-19(28)18-6-4-15(10-25-18)31-8-7-29-2/h3-6,9-10H,7-8,11-13H2,1-2H3,(H2,24,27)(H,26,28). The number of carbonyl (C=O) groups excluding carboxylic acids is 1. The molecule has 1 aromatic carbocycles. The van der Waals surface area contributed by atoms with Crippen LogP contribution >= 0.6 is 0 Å². The van der Waals surface area contributed by atoms with Crippen LogP contribution in [0.3, 0.4) is 0 Å². The van der Waals surface area contributed by atoms with Crippen LogP contribution in [0.15, 0.2) is 41.5 Å². The summed E-state index contributed by atoms with van der Waals surface area (Å²) >= 11 is 0. The van der Waals surface area contributed by atoms with Crippen LogP contribution in [-0.2, 0) is 19.7 Å². The topological polar surface area (TPSA) is 117 Å². The van der Waals surface area contributed by atoms with Crippen LogP contribution in [0.2, 0.25) is 0 Å². The molecule has 3 N–H and O–H groups in total. The van der Waals surface area contributed by atoms with E-state index in [9.17, 15) is 9.18 Å². The Kier molecular flexibility index (Phi) is 5.98. The van der Waals surface area contributed by atoms with Crippen molar-refractivity contribution in [2.75, 3.05) is 45.5 Å². The fourth-order valence-corrected chi connectivity index (χ4v) is 3.92. The van der Waals surface area contributed by atoms with E-state index >= 15 is 0 Å². The summed E-state index contributed by atoms with van der Waals surface area (Å²) in [7, 11) is 1.58. The number of hydrogen-bond donors (Lipinski definition) is 2. The molecule has 9 nitrogen and oxygen atoms in total. The lowest BCUT2D eigenvalue weighted by molar-refractivity contribution is 0.0665. The number of nitrogens with zero attached hydrogens (tertiary/aromatic N) is 2. The van der Waals surface area contributed by atoms with Gasteiger partial charge in [0.25, 0.3) is 11.9 Å². The number of amidine groups is 1. The molecule has 32 heavy (non-hydrogen) atoms. The highest BCUT2D eigenvalue weighted by molar-refractivity contribution is 6.02. The number of aliphatic imine (C=N–C) groups is 1. The fraction of sp³-hybridized carbons (Fsp3) is 0.409. The maximum Gasteiger partial charge on any atom is 0.282 e. The Morgan fingerprint density at radius 2 is 2.09 bits per heavy atom. The zero-order valence-electron chi connectivity index (χ0n) is 17.9. The lowest BCUT2D eigenvalue weighted by Gasteiger charge is -2.42. The van der Waals surface area contributed by atoms with Crippen LogP contribution in [0.4, 0.5) is 10.1 Å². The zero-order valence-corrected chi connectivity index (χ0v) is 17.9. The van der Waals surface area contributed by atoms with E-state index in [1.165, 1.54) is 18.3 Å². The third-order valence-corrected chi connectivity index (χ3v) is 5.76. The Morgan fingerprint density at radius 3 is 2.84 bits per heavy atom. The maximum absolute atomic E-state index is 15.0. The number of carbonyl (C=O) groups is 1. The van der Waals surface area contributed by atoms with Crippen molar-refractivity contribution >= 4 is 17.6 Å². The number of rotatable bonds is 7. The second-order valence-electron chi connectivity index (χ2n) is 8.02. The molecule has 2 unspecified atom stereocenters. The number of fused-ring (bicyclic) bond motifs is 1. The van der Waals surface area contributed by atoms with Crippen molar-refractivity contribution in [2.24, 2.45) is 16.1 Å². The Hall–Kier alpha value is -3.24. The number of amides is 1. The Bertz CT molecular complexity index is 1030. The van der Waals surface area contributed by atoms with Gasteiger partial charge >= 0.3 is 0 Å². The average Bonchev–Trinajstić information content (AvgIpc) is 3.13. The minimum Gasteiger partial charge on any atom is -0.490 e. The van der Waals surface area contributed by atoms with E-state index in [-0.39, 0.29) is 30.5 Å². The van der Waals surface area contributed by atoms with Gasteiger partial charge in [-0.1, -0.05) is 6.92 Å². The van der Waals surface area contributed by atoms with Crippen LogP contribution < -0.4 is 15.8 Å². The molecule has 2 aromatic rings. The molecular formula is C22H25FN4O5. The van der Waals surface area contributed by atoms with E-state index in [2.05, 4.69) is 15.3 Å². The van der Waals surface area contributed by atoms with Crippen molar-refractivity contribution in [2.45, 2.75) is 12.5 Å². The van der Waals surface area contributed by atoms with Crippen molar-refractivity contribution in [1.29, 1.82) is 0 Å². The lowest BCUT2D eigenvalue weighted by Crippen LogP contribution is -2.50. The van der Waals surface area contributed by atoms with Crippen molar-refractivity contribution in [3.8, 4) is 5.75 Å². The molecule has 1 saturated heterocycles. The minimum absolute atomic E-state index is 0.0150. The number of halogens is 1. The van der Waals surface area contributed by atoms with Crippen molar-refractivity contribution in [1.82, 2.24) is 4.98 Å². The quantitative estimate of drug-likeness (QED) is 0.628. The Balaban J connectivity index is 1.56. The third-order valence-electron chi connectivity index (χ3n) is 5.76. The fourth-order valence-electron chi connectivity index (χ4n) is 3.92. The third kappa shape index (κ3) is 3.98. The summed E-state index contributed by atoms with van der Waals surface area (Å²) in [5.41, 5.74) is 5.06. The van der Waals surface area contributed by atoms with Gasteiger partial charge < -0.3 is 30.0 Å². The number of benzene rings is 1. The van der Waals surface area contributed by atoms with Gasteiger partial charge in [-0.25, -0.2) is 14.4 Å². The van der Waals surface area contributed by atoms with Crippen LogP contribution in [0.5, 0.6) is 5.75 Å². The van der Waals surface area contributed by atoms with Gasteiger partial charge in [0.2, 0.25) is 0 Å². The molecule has 2 atom stereocenters. The molecule has 0 spiro atoms. The first-order valence-electron chi connectivity index (χ1n) is 10.1. The molecule has 2 aliphatic rings. The molecule has 0 saturated carbocycles. The monoisotopic (exact) mass is 444 g/mol. The van der Waals surface area contributed by atoms with Crippen LogP contribution in [0.25, 0.3) is 0 Å². The second kappa shape index (κ2) is 8.71. The predicted molar refractivity (Wildman–Crippen MR) is 114 cm³/mol. The van der Waals surface area contributed by atoms with E-state index in [1.807, 2.05) is 6.92 Å². The number of anilines is 1. The van der Waals surface area contributed by atoms with Crippen molar-refractivity contribution in [3.63, 3.8) is 0 Å². The Morgan fingerprint density at radius 1 is 1.25 bits per heavy atom. The van der Waals surface area contributed by atoms with E-state index in [4.69, 9.17) is 24.7 Å². The van der Waals surface area contributed by atoms with Crippen molar-refractivity contribution < 1.29 is 28.1 Å². The number of pyridine rings is 1. The van der Waals surface area contributed by atoms with Gasteiger partial charge in [0.05, 0.1) is 31.4 Å². The molecule has 170 valence electrons. The van der Waals surface area contributed by atoms with Gasteiger partial charge in [-0.3, -0.25) is 4.79 Å². The summed E-state index contributed by atoms with van der Waals surface area (Å²) in [5, 5.41) is 2.76. The van der Waals surface area contributed by atoms with Gasteiger partial charge in [0, 0.05) is 18.4 Å². The smallest absolute Gasteiger partial charge is 0.282 e. The summed E-state index contributed by atoms with van der Waals surface area (Å²) in [6.07, 6.45) is 1.46. The predicted octanol–water partition coefficient (Wildman–Crippen LogP) is 2.07. The lowest BCUT2D eigenvalue weighted by atomic mass is 9.69. The zero-order chi connectivity index (χ0) is 22.8. The van der Waals surface area contributed by atoms with Crippen LogP contribution in [0.1, 0.15) is 23.0 Å². The van der Waals surface area contributed by atoms with Gasteiger partial charge in [-0.05, 0) is 30.3 Å². The van der Waals surface area contributed by atoms with E-state index < -0.39 is 22.7 Å². The molecule has 1 fully saturated rings. The molecule has 0 radical (unpaired) electrons. The first-order chi connectivity index (χ1) is 15.4. The summed E-state index contributed by atoms with van der Waals surface area (Å²) in [4.78, 5) is 21.3. The van der Waals surface area contributed by atoms with Gasteiger partial charge in [0.1, 0.15) is 36.0 Å². The molecule has 0 aliphatic carbocycles. The average molecular weight is 444 g/mol. The number of aromatic nitrogens is 1. The molecule has 1 amide bonds. The van der Waals surface area contributed by atoms with Crippen LogP contribution in [0, 0.1) is 11.2 Å². The number of nitrogens with one attached hydrogen (secondary N) is 1. The Labute approximate surface area is 184 Å². The highest BCUT2D eigenvalue weighted by Gasteiger charge is 2.58. The van der Waals surface area contributed by atoms with Gasteiger partial charge in [0.15, 0.2) is 0 Å². The number of ether oxygens (including phenoxy) is 4. The molecule has 1 aromatic heterocycles. The summed E-state index contributed by atoms with van der Waals surface area (Å²) < 4.78 is 36.4. The number of nitrogens with two attached hydrogens (primary N) is 1. The molecule has 2 aliphatic heterocycles. The number of methoxy groups -OCH3 is 1. The minimum atomic E-state index is -1.04. The van der Waals surface area contributed by atoms with E-state index in [0.29, 0.717) is 31.3 Å². The molecule has 0 bridgehead atoms. The van der Waals surface area contributed by atoms with E-state index in [0.717, 1.165) is 0 Å². The largest absolute Gasteiger partial charge is 0.490 e. The van der Waals surface area contributed by atoms with Gasteiger partial charge in [-0.15, -0.1) is 0 Å². The molecule has 3 heterocycles. The van der Waals surface area contributed by atoms with Crippen LogP contribution in [-0.4, -0.2) is 57.1 Å². The summed E-state index contributed by atoms with van der Waals surface area (Å²) in [5.74, 6) is -0.380. The SMILES string of the molecule is COCCOc1ccc(C(=O)Nc2ccc(F)c(C34COCC3(C)COC(N)=N4)c2)nc1. The maximum atomic E-state index is 15.0. The normalized spacial score (nSPS) is 24.3. The first-order valence-corrected chi connectivity index (χ1v) is 10.1. The second-order valence-corrected chi connectivity index (χ2v) is 8.02. The molecule has 10 heteroatoms. The molecular weight excluding hydrogens is 419 g/mol. The summed E-state index contributed by atoms with van der Waals surface area (Å²) in [6.45, 7) is 3.51. The first kappa shape index (κ1) is 22.0. The number of hydrogen-bond acceptors (Lipinski definition) is 8.